The first-order chi connectivity index (χ1) is 10.7. The van der Waals surface area contributed by atoms with E-state index < -0.39 is 0 Å². The van der Waals surface area contributed by atoms with Gasteiger partial charge in [0.15, 0.2) is 5.96 Å². The first-order valence-corrected chi connectivity index (χ1v) is 8.45. The summed E-state index contributed by atoms with van der Waals surface area (Å²) in [7, 11) is 0. The lowest BCUT2D eigenvalue weighted by Crippen LogP contribution is -2.49. The Hall–Kier alpha value is -1.56. The lowest BCUT2D eigenvalue weighted by atomic mass is 10.0. The fourth-order valence-corrected chi connectivity index (χ4v) is 2.77. The molecular weight excluding hydrogens is 276 g/mol. The average molecular weight is 306 g/mol. The van der Waals surface area contributed by atoms with Crippen molar-refractivity contribution in [2.24, 2.45) is 4.99 Å². The molecule has 0 aliphatic carbocycles. The van der Waals surface area contributed by atoms with E-state index in [9.17, 15) is 0 Å². The van der Waals surface area contributed by atoms with Gasteiger partial charge >= 0.3 is 0 Å². The van der Waals surface area contributed by atoms with Crippen molar-refractivity contribution in [3.63, 3.8) is 0 Å². The molecule has 0 saturated carbocycles. The summed E-state index contributed by atoms with van der Waals surface area (Å²) in [6.45, 7) is 11.4. The molecule has 1 aromatic rings. The molecule has 0 bridgehead atoms. The standard InChI is InChI=1S/C16H30N6/c1-4-17-16(18-9-13-22-10-5-8-19-22)20-15-6-11-21(12-7-15)14(2)3/h5,8,10,14-15H,4,6-7,9,11-13H2,1-3H3,(H2,17,18,20). The molecule has 0 radical (unpaired) electrons. The van der Waals surface area contributed by atoms with E-state index in [1.807, 2.05) is 16.9 Å². The fraction of sp³-hybridized carbons (Fsp3) is 0.750. The van der Waals surface area contributed by atoms with Gasteiger partial charge in [0, 0.05) is 44.1 Å². The van der Waals surface area contributed by atoms with Gasteiger partial charge in [-0.2, -0.15) is 5.10 Å². The van der Waals surface area contributed by atoms with E-state index in [1.165, 1.54) is 25.9 Å². The van der Waals surface area contributed by atoms with Crippen molar-refractivity contribution >= 4 is 5.96 Å². The number of piperidine rings is 1. The van der Waals surface area contributed by atoms with Crippen LogP contribution in [0.2, 0.25) is 0 Å². The maximum atomic E-state index is 4.66. The van der Waals surface area contributed by atoms with E-state index in [2.05, 4.69) is 46.4 Å². The molecule has 1 aliphatic heterocycles. The zero-order valence-corrected chi connectivity index (χ0v) is 14.1. The fourth-order valence-electron chi connectivity index (χ4n) is 2.77. The van der Waals surface area contributed by atoms with Crippen LogP contribution >= 0.6 is 0 Å². The highest BCUT2D eigenvalue weighted by atomic mass is 15.3. The van der Waals surface area contributed by atoms with E-state index in [-0.39, 0.29) is 0 Å². The molecule has 124 valence electrons. The van der Waals surface area contributed by atoms with Crippen molar-refractivity contribution in [2.75, 3.05) is 26.2 Å². The van der Waals surface area contributed by atoms with Gasteiger partial charge < -0.3 is 15.5 Å². The van der Waals surface area contributed by atoms with Crippen molar-refractivity contribution in [1.29, 1.82) is 0 Å². The second-order valence-corrected chi connectivity index (χ2v) is 6.08. The Bertz CT molecular complexity index is 431. The minimum absolute atomic E-state index is 0.525. The molecule has 1 fully saturated rings. The zero-order valence-electron chi connectivity index (χ0n) is 14.1. The molecule has 0 aromatic carbocycles. The molecule has 0 amide bonds. The molecule has 1 aromatic heterocycles. The molecule has 0 spiro atoms. The van der Waals surface area contributed by atoms with Gasteiger partial charge in [-0.1, -0.05) is 0 Å². The van der Waals surface area contributed by atoms with Crippen LogP contribution in [-0.4, -0.2) is 58.9 Å². The topological polar surface area (TPSA) is 57.5 Å². The molecule has 0 atom stereocenters. The lowest BCUT2D eigenvalue weighted by molar-refractivity contribution is 0.167. The number of guanidine groups is 1. The Morgan fingerprint density at radius 2 is 2.14 bits per heavy atom. The summed E-state index contributed by atoms with van der Waals surface area (Å²) in [6, 6.07) is 3.12. The van der Waals surface area contributed by atoms with Crippen molar-refractivity contribution in [2.45, 2.75) is 52.2 Å². The van der Waals surface area contributed by atoms with Gasteiger partial charge in [-0.05, 0) is 39.7 Å². The minimum atomic E-state index is 0.525. The van der Waals surface area contributed by atoms with Crippen LogP contribution in [0.5, 0.6) is 0 Å². The highest BCUT2D eigenvalue weighted by Gasteiger charge is 2.21. The molecule has 2 heterocycles. The summed E-state index contributed by atoms with van der Waals surface area (Å²) in [5.41, 5.74) is 0. The number of likely N-dealkylation sites (tertiary alicyclic amines) is 1. The Kier molecular flexibility index (Phi) is 6.71. The Labute approximate surface area is 134 Å². The van der Waals surface area contributed by atoms with Crippen LogP contribution in [0.25, 0.3) is 0 Å². The molecule has 0 unspecified atom stereocenters. The first kappa shape index (κ1) is 16.8. The number of aromatic nitrogens is 2. The molecule has 6 heteroatoms. The number of nitrogens with one attached hydrogen (secondary N) is 2. The van der Waals surface area contributed by atoms with E-state index in [0.29, 0.717) is 12.1 Å². The van der Waals surface area contributed by atoms with Gasteiger partial charge in [0.25, 0.3) is 0 Å². The number of hydrogen-bond acceptors (Lipinski definition) is 3. The normalized spacial score (nSPS) is 17.9. The SMILES string of the molecule is CCNC(=NCCn1cccn1)NC1CCN(C(C)C)CC1. The Morgan fingerprint density at radius 3 is 2.73 bits per heavy atom. The maximum absolute atomic E-state index is 4.66. The largest absolute Gasteiger partial charge is 0.357 e. The van der Waals surface area contributed by atoms with Gasteiger partial charge in [0.1, 0.15) is 0 Å². The van der Waals surface area contributed by atoms with E-state index in [1.54, 1.807) is 6.20 Å². The predicted molar refractivity (Wildman–Crippen MR) is 91.1 cm³/mol. The van der Waals surface area contributed by atoms with Crippen LogP contribution in [-0.2, 0) is 6.54 Å². The van der Waals surface area contributed by atoms with Crippen LogP contribution in [0.4, 0.5) is 0 Å². The summed E-state index contributed by atoms with van der Waals surface area (Å²) >= 11 is 0. The zero-order chi connectivity index (χ0) is 15.8. The van der Waals surface area contributed by atoms with E-state index in [4.69, 9.17) is 0 Å². The molecule has 1 aliphatic rings. The molecule has 1 saturated heterocycles. The third-order valence-electron chi connectivity index (χ3n) is 4.10. The number of hydrogen-bond donors (Lipinski definition) is 2. The number of aliphatic imine (C=N–C) groups is 1. The second kappa shape index (κ2) is 8.78. The van der Waals surface area contributed by atoms with Crippen LogP contribution in [0.1, 0.15) is 33.6 Å². The minimum Gasteiger partial charge on any atom is -0.357 e. The predicted octanol–water partition coefficient (Wildman–Crippen LogP) is 1.31. The molecular formula is C16H30N6. The summed E-state index contributed by atoms with van der Waals surface area (Å²) in [5.74, 6) is 0.928. The second-order valence-electron chi connectivity index (χ2n) is 6.08. The third-order valence-corrected chi connectivity index (χ3v) is 4.10. The molecule has 2 N–H and O–H groups in total. The quantitative estimate of drug-likeness (QED) is 0.615. The molecule has 6 nitrogen and oxygen atoms in total. The van der Waals surface area contributed by atoms with Gasteiger partial charge in [0.05, 0.1) is 13.1 Å². The van der Waals surface area contributed by atoms with Gasteiger partial charge in [0.2, 0.25) is 0 Å². The van der Waals surface area contributed by atoms with Gasteiger partial charge in [-0.15, -0.1) is 0 Å². The van der Waals surface area contributed by atoms with Crippen LogP contribution in [0.15, 0.2) is 23.5 Å². The maximum Gasteiger partial charge on any atom is 0.191 e. The average Bonchev–Trinajstić information content (AvgIpc) is 3.01. The van der Waals surface area contributed by atoms with Crippen LogP contribution in [0.3, 0.4) is 0 Å². The van der Waals surface area contributed by atoms with Crippen molar-refractivity contribution in [1.82, 2.24) is 25.3 Å². The third kappa shape index (κ3) is 5.33. The highest BCUT2D eigenvalue weighted by Crippen LogP contribution is 2.12. The summed E-state index contributed by atoms with van der Waals surface area (Å²) in [5, 5.41) is 11.1. The van der Waals surface area contributed by atoms with Gasteiger partial charge in [-0.3, -0.25) is 9.67 Å². The lowest BCUT2D eigenvalue weighted by Gasteiger charge is -2.35. The smallest absolute Gasteiger partial charge is 0.191 e. The van der Waals surface area contributed by atoms with Crippen molar-refractivity contribution in [3.8, 4) is 0 Å². The van der Waals surface area contributed by atoms with Gasteiger partial charge in [-0.25, -0.2) is 0 Å². The van der Waals surface area contributed by atoms with E-state index in [0.717, 1.165) is 25.6 Å². The summed E-state index contributed by atoms with van der Waals surface area (Å²) in [6.07, 6.45) is 6.14. The number of rotatable bonds is 6. The summed E-state index contributed by atoms with van der Waals surface area (Å²) < 4.78 is 1.91. The molecule has 22 heavy (non-hydrogen) atoms. The summed E-state index contributed by atoms with van der Waals surface area (Å²) in [4.78, 5) is 7.20. The van der Waals surface area contributed by atoms with Crippen molar-refractivity contribution in [3.05, 3.63) is 18.5 Å². The molecule has 2 rings (SSSR count). The monoisotopic (exact) mass is 306 g/mol. The van der Waals surface area contributed by atoms with E-state index >= 15 is 0 Å². The number of nitrogens with zero attached hydrogens (tertiary/aromatic N) is 4. The van der Waals surface area contributed by atoms with Crippen LogP contribution in [0, 0.1) is 0 Å². The first-order valence-electron chi connectivity index (χ1n) is 8.45. The van der Waals surface area contributed by atoms with Crippen molar-refractivity contribution < 1.29 is 0 Å². The highest BCUT2D eigenvalue weighted by molar-refractivity contribution is 5.80. The Balaban J connectivity index is 1.78. The van der Waals surface area contributed by atoms with Crippen LogP contribution < -0.4 is 10.6 Å². The Morgan fingerprint density at radius 1 is 1.36 bits per heavy atom.